The summed E-state index contributed by atoms with van der Waals surface area (Å²) in [6, 6.07) is 14.0. The van der Waals surface area contributed by atoms with Crippen molar-refractivity contribution in [3.8, 4) is 11.5 Å². The summed E-state index contributed by atoms with van der Waals surface area (Å²) in [6.45, 7) is 0. The summed E-state index contributed by atoms with van der Waals surface area (Å²) >= 11 is 0. The summed E-state index contributed by atoms with van der Waals surface area (Å²) in [5.41, 5.74) is 1.41. The molecule has 0 bridgehead atoms. The average Bonchev–Trinajstić information content (AvgIpc) is 2.48. The zero-order valence-electron chi connectivity index (χ0n) is 11.0. The number of methoxy groups -OCH3 is 1. The Morgan fingerprint density at radius 3 is 2.50 bits per heavy atom. The van der Waals surface area contributed by atoms with Gasteiger partial charge in [-0.1, -0.05) is 12.1 Å². The van der Waals surface area contributed by atoms with E-state index in [1.165, 1.54) is 7.11 Å². The summed E-state index contributed by atoms with van der Waals surface area (Å²) < 4.78 is 10.3. The van der Waals surface area contributed by atoms with E-state index in [9.17, 15) is 9.59 Å². The second-order valence-corrected chi connectivity index (χ2v) is 4.19. The molecular weight excluding hydrogens is 256 g/mol. The van der Waals surface area contributed by atoms with Crippen LogP contribution in [0.5, 0.6) is 11.5 Å². The van der Waals surface area contributed by atoms with Crippen LogP contribution < -0.4 is 4.74 Å². The molecule has 0 radical (unpaired) electrons. The van der Waals surface area contributed by atoms with Crippen LogP contribution in [0.15, 0.2) is 48.5 Å². The highest BCUT2D eigenvalue weighted by Crippen LogP contribution is 2.22. The molecule has 0 aliphatic carbocycles. The van der Waals surface area contributed by atoms with E-state index in [0.717, 1.165) is 11.8 Å². The number of carbonyl (C=O) groups excluding carboxylic acids is 2. The molecular formula is C16H14O4. The van der Waals surface area contributed by atoms with Crippen molar-refractivity contribution in [3.63, 3.8) is 0 Å². The van der Waals surface area contributed by atoms with E-state index >= 15 is 0 Å². The minimum atomic E-state index is -0.294. The van der Waals surface area contributed by atoms with Gasteiger partial charge in [-0.15, -0.1) is 0 Å². The largest absolute Gasteiger partial charge is 0.469 e. The summed E-state index contributed by atoms with van der Waals surface area (Å²) in [5.74, 6) is 0.966. The van der Waals surface area contributed by atoms with Crippen molar-refractivity contribution in [3.05, 3.63) is 59.7 Å². The van der Waals surface area contributed by atoms with Crippen LogP contribution in [-0.2, 0) is 16.0 Å². The third-order valence-corrected chi connectivity index (χ3v) is 2.73. The van der Waals surface area contributed by atoms with Gasteiger partial charge in [0.2, 0.25) is 0 Å². The molecule has 0 unspecified atom stereocenters. The minimum absolute atomic E-state index is 0.206. The molecule has 0 heterocycles. The topological polar surface area (TPSA) is 52.6 Å². The van der Waals surface area contributed by atoms with Crippen molar-refractivity contribution in [1.29, 1.82) is 0 Å². The van der Waals surface area contributed by atoms with Crippen molar-refractivity contribution in [2.24, 2.45) is 0 Å². The van der Waals surface area contributed by atoms with E-state index in [-0.39, 0.29) is 12.4 Å². The summed E-state index contributed by atoms with van der Waals surface area (Å²) in [4.78, 5) is 21.8. The van der Waals surface area contributed by atoms with Gasteiger partial charge in [-0.3, -0.25) is 9.59 Å². The lowest BCUT2D eigenvalue weighted by atomic mass is 10.1. The van der Waals surface area contributed by atoms with Gasteiger partial charge < -0.3 is 9.47 Å². The van der Waals surface area contributed by atoms with Gasteiger partial charge in [0, 0.05) is 5.56 Å². The van der Waals surface area contributed by atoms with Gasteiger partial charge in [0.05, 0.1) is 13.5 Å². The first-order valence-electron chi connectivity index (χ1n) is 6.10. The molecule has 2 rings (SSSR count). The van der Waals surface area contributed by atoms with Crippen molar-refractivity contribution < 1.29 is 19.1 Å². The molecule has 2 aromatic rings. The number of carbonyl (C=O) groups is 2. The lowest BCUT2D eigenvalue weighted by Crippen LogP contribution is -2.04. The lowest BCUT2D eigenvalue weighted by molar-refractivity contribution is -0.139. The number of hydrogen-bond acceptors (Lipinski definition) is 4. The number of rotatable bonds is 5. The Morgan fingerprint density at radius 2 is 1.85 bits per heavy atom. The van der Waals surface area contributed by atoms with Crippen molar-refractivity contribution in [2.45, 2.75) is 6.42 Å². The number of hydrogen-bond donors (Lipinski definition) is 0. The average molecular weight is 270 g/mol. The summed E-state index contributed by atoms with van der Waals surface area (Å²) in [5, 5.41) is 0. The monoisotopic (exact) mass is 270 g/mol. The second kappa shape index (κ2) is 6.52. The molecule has 0 saturated carbocycles. The Labute approximate surface area is 116 Å². The molecule has 102 valence electrons. The lowest BCUT2D eigenvalue weighted by Gasteiger charge is -2.07. The standard InChI is InChI=1S/C16H14O4/c1-19-16(18)10-13-3-2-4-15(9-13)20-14-7-5-12(11-17)6-8-14/h2-9,11H,10H2,1H3. The molecule has 20 heavy (non-hydrogen) atoms. The van der Waals surface area contributed by atoms with Crippen LogP contribution in [0.25, 0.3) is 0 Å². The highest BCUT2D eigenvalue weighted by atomic mass is 16.5. The van der Waals surface area contributed by atoms with Gasteiger partial charge in [-0.05, 0) is 42.0 Å². The fourth-order valence-electron chi connectivity index (χ4n) is 1.71. The first-order chi connectivity index (χ1) is 9.71. The quantitative estimate of drug-likeness (QED) is 0.619. The van der Waals surface area contributed by atoms with Crippen LogP contribution in [-0.4, -0.2) is 19.4 Å². The Balaban J connectivity index is 2.10. The van der Waals surface area contributed by atoms with E-state index in [4.69, 9.17) is 4.74 Å². The Morgan fingerprint density at radius 1 is 1.10 bits per heavy atom. The maximum Gasteiger partial charge on any atom is 0.309 e. The second-order valence-electron chi connectivity index (χ2n) is 4.19. The SMILES string of the molecule is COC(=O)Cc1cccc(Oc2ccc(C=O)cc2)c1. The molecule has 0 aromatic heterocycles. The molecule has 0 atom stereocenters. The highest BCUT2D eigenvalue weighted by Gasteiger charge is 2.04. The van der Waals surface area contributed by atoms with Crippen LogP contribution >= 0.6 is 0 Å². The fourth-order valence-corrected chi connectivity index (χ4v) is 1.71. The molecule has 0 N–H and O–H groups in total. The van der Waals surface area contributed by atoms with Crippen LogP contribution in [0.1, 0.15) is 15.9 Å². The van der Waals surface area contributed by atoms with Crippen LogP contribution in [0.4, 0.5) is 0 Å². The number of ether oxygens (including phenoxy) is 2. The normalized spacial score (nSPS) is 9.85. The highest BCUT2D eigenvalue weighted by molar-refractivity contribution is 5.75. The molecule has 0 spiro atoms. The van der Waals surface area contributed by atoms with E-state index in [1.54, 1.807) is 36.4 Å². The van der Waals surface area contributed by atoms with Crippen molar-refractivity contribution in [2.75, 3.05) is 7.11 Å². The zero-order chi connectivity index (χ0) is 14.4. The molecule has 4 nitrogen and oxygen atoms in total. The van der Waals surface area contributed by atoms with Gasteiger partial charge in [0.15, 0.2) is 0 Å². The zero-order valence-corrected chi connectivity index (χ0v) is 11.0. The Kier molecular flexibility index (Phi) is 4.50. The maximum atomic E-state index is 11.2. The van der Waals surface area contributed by atoms with Crippen molar-refractivity contribution in [1.82, 2.24) is 0 Å². The first kappa shape index (κ1) is 13.8. The molecule has 0 aliphatic heterocycles. The fraction of sp³-hybridized carbons (Fsp3) is 0.125. The molecule has 0 amide bonds. The maximum absolute atomic E-state index is 11.2. The summed E-state index contributed by atoms with van der Waals surface area (Å²) in [6.07, 6.45) is 0.985. The van der Waals surface area contributed by atoms with E-state index in [2.05, 4.69) is 4.74 Å². The van der Waals surface area contributed by atoms with Gasteiger partial charge >= 0.3 is 5.97 Å². The van der Waals surface area contributed by atoms with Crippen LogP contribution in [0.3, 0.4) is 0 Å². The van der Waals surface area contributed by atoms with Gasteiger partial charge in [-0.25, -0.2) is 0 Å². The molecule has 2 aromatic carbocycles. The smallest absolute Gasteiger partial charge is 0.309 e. The molecule has 0 saturated heterocycles. The minimum Gasteiger partial charge on any atom is -0.469 e. The molecule has 0 aliphatic rings. The van der Waals surface area contributed by atoms with Crippen LogP contribution in [0, 0.1) is 0 Å². The van der Waals surface area contributed by atoms with E-state index in [1.807, 2.05) is 12.1 Å². The van der Waals surface area contributed by atoms with E-state index < -0.39 is 0 Å². The number of aldehydes is 1. The first-order valence-corrected chi connectivity index (χ1v) is 6.10. The van der Waals surface area contributed by atoms with E-state index in [0.29, 0.717) is 17.1 Å². The van der Waals surface area contributed by atoms with Gasteiger partial charge in [0.1, 0.15) is 17.8 Å². The Bertz CT molecular complexity index is 602. The molecule has 4 heteroatoms. The predicted molar refractivity (Wildman–Crippen MR) is 74.1 cm³/mol. The third-order valence-electron chi connectivity index (χ3n) is 2.73. The summed E-state index contributed by atoms with van der Waals surface area (Å²) in [7, 11) is 1.36. The predicted octanol–water partition coefficient (Wildman–Crippen LogP) is 3.01. The van der Waals surface area contributed by atoms with Crippen molar-refractivity contribution >= 4 is 12.3 Å². The van der Waals surface area contributed by atoms with Gasteiger partial charge in [0.25, 0.3) is 0 Å². The number of esters is 1. The van der Waals surface area contributed by atoms with Crippen LogP contribution in [0.2, 0.25) is 0 Å². The number of benzene rings is 2. The molecule has 0 fully saturated rings. The third kappa shape index (κ3) is 3.68. The van der Waals surface area contributed by atoms with Gasteiger partial charge in [-0.2, -0.15) is 0 Å². The Hall–Kier alpha value is -2.62.